The highest BCUT2D eigenvalue weighted by Crippen LogP contribution is 2.43. The smallest absolute Gasteiger partial charge is 0.298 e. The lowest BCUT2D eigenvalue weighted by Crippen LogP contribution is -2.38. The van der Waals surface area contributed by atoms with Gasteiger partial charge in [0.2, 0.25) is 0 Å². The van der Waals surface area contributed by atoms with E-state index >= 15 is 8.78 Å². The zero-order valence-electron chi connectivity index (χ0n) is 17.3. The number of aromatic nitrogens is 1. The van der Waals surface area contributed by atoms with Crippen molar-refractivity contribution < 1.29 is 26.7 Å². The number of pyridine rings is 1. The first-order chi connectivity index (χ1) is 16.1. The Hall–Kier alpha value is -4.24. The zero-order valence-corrected chi connectivity index (χ0v) is 17.3. The number of nitrogens with two attached hydrogens (primary N) is 2. The number of rotatable bonds is 8. The Morgan fingerprint density at radius 3 is 2.47 bits per heavy atom. The number of halogens is 5. The van der Waals surface area contributed by atoms with Crippen LogP contribution in [0.15, 0.2) is 59.8 Å². The molecule has 0 aliphatic rings. The van der Waals surface area contributed by atoms with Crippen molar-refractivity contribution in [2.24, 2.45) is 16.7 Å². The third-order valence-electron chi connectivity index (χ3n) is 4.73. The molecule has 1 heterocycles. The number of hydrogen-bond donors (Lipinski definition) is 2. The number of hydrogen-bond acceptors (Lipinski definition) is 6. The van der Waals surface area contributed by atoms with Crippen molar-refractivity contribution in [2.75, 3.05) is 6.54 Å². The van der Waals surface area contributed by atoms with Gasteiger partial charge in [0.1, 0.15) is 29.4 Å². The van der Waals surface area contributed by atoms with Crippen molar-refractivity contribution in [1.29, 1.82) is 5.26 Å². The molecular formula is C22H17F5N6O. The Bertz CT molecular complexity index is 1230. The van der Waals surface area contributed by atoms with Crippen molar-refractivity contribution in [3.63, 3.8) is 0 Å². The maximum absolute atomic E-state index is 15.5. The van der Waals surface area contributed by atoms with Crippen LogP contribution >= 0.6 is 0 Å². The fraction of sp³-hybridized carbons (Fsp3) is 0.136. The van der Waals surface area contributed by atoms with E-state index in [2.05, 4.69) is 10.1 Å². The molecule has 4 N–H and O–H groups in total. The normalized spacial score (nSPS) is 12.4. The lowest BCUT2D eigenvalue weighted by atomic mass is 9.89. The zero-order chi connectivity index (χ0) is 24.9. The molecule has 1 aromatic heterocycles. The molecule has 0 aliphatic heterocycles. The molecule has 3 aromatic rings. The molecule has 0 aliphatic carbocycles. The summed E-state index contributed by atoms with van der Waals surface area (Å²) < 4.78 is 78.0. The first-order valence-electron chi connectivity index (χ1n) is 9.59. The van der Waals surface area contributed by atoms with Crippen LogP contribution in [0.3, 0.4) is 0 Å². The van der Waals surface area contributed by atoms with E-state index < -0.39 is 47.1 Å². The minimum Gasteiger partial charge on any atom is -0.453 e. The van der Waals surface area contributed by atoms with Gasteiger partial charge >= 0.3 is 0 Å². The predicted octanol–water partition coefficient (Wildman–Crippen LogP) is 4.12. The third-order valence-corrected chi connectivity index (χ3v) is 4.73. The van der Waals surface area contributed by atoms with Crippen LogP contribution in [0.4, 0.5) is 22.0 Å². The summed E-state index contributed by atoms with van der Waals surface area (Å²) in [6, 6.07) is 9.47. The maximum atomic E-state index is 15.5. The van der Waals surface area contributed by atoms with E-state index in [0.717, 1.165) is 42.9 Å². The molecule has 1 atom stereocenters. The Morgan fingerprint density at radius 2 is 1.88 bits per heavy atom. The van der Waals surface area contributed by atoms with Gasteiger partial charge in [0.25, 0.3) is 5.92 Å². The number of nitriles is 1. The minimum absolute atomic E-state index is 0.0687. The van der Waals surface area contributed by atoms with E-state index in [1.807, 2.05) is 0 Å². The molecule has 0 bridgehead atoms. The van der Waals surface area contributed by atoms with Gasteiger partial charge in [0.05, 0.1) is 30.3 Å². The van der Waals surface area contributed by atoms with E-state index in [9.17, 15) is 13.2 Å². The van der Waals surface area contributed by atoms with Gasteiger partial charge in [-0.2, -0.15) is 19.1 Å². The Kier molecular flexibility index (Phi) is 7.28. The quantitative estimate of drug-likeness (QED) is 0.166. The molecule has 0 amide bonds. The Morgan fingerprint density at radius 1 is 1.12 bits per heavy atom. The number of benzene rings is 2. The largest absolute Gasteiger partial charge is 0.453 e. The summed E-state index contributed by atoms with van der Waals surface area (Å²) in [6.45, 7) is -0.695. The average Bonchev–Trinajstić information content (AvgIpc) is 2.80. The van der Waals surface area contributed by atoms with Crippen LogP contribution in [-0.2, 0) is 5.92 Å². The highest BCUT2D eigenvalue weighted by Gasteiger charge is 2.45. The molecule has 0 fully saturated rings. The first-order valence-corrected chi connectivity index (χ1v) is 9.59. The van der Waals surface area contributed by atoms with Crippen LogP contribution in [-0.4, -0.2) is 23.0 Å². The van der Waals surface area contributed by atoms with Crippen molar-refractivity contribution in [3.05, 3.63) is 89.0 Å². The highest BCUT2D eigenvalue weighted by molar-refractivity contribution is 5.50. The number of nitrogens with zero attached hydrogens (tertiary/aromatic N) is 4. The predicted molar refractivity (Wildman–Crippen MR) is 112 cm³/mol. The van der Waals surface area contributed by atoms with Crippen molar-refractivity contribution in [2.45, 2.75) is 11.8 Å². The summed E-state index contributed by atoms with van der Waals surface area (Å²) in [7, 11) is 0. The van der Waals surface area contributed by atoms with Gasteiger partial charge in [0.15, 0.2) is 11.6 Å². The van der Waals surface area contributed by atoms with Gasteiger partial charge in [-0.05, 0) is 42.0 Å². The topological polar surface area (TPSA) is 114 Å². The SMILES string of the molecule is N#Cc1ccc(Oc2ccc(C(F)(F)C(CN(N)/N=C\N)c3ccc(F)cc3F)nc2)c(F)c1. The average molecular weight is 476 g/mol. The molecule has 0 spiro atoms. The van der Waals surface area contributed by atoms with Crippen LogP contribution in [0.1, 0.15) is 22.7 Å². The van der Waals surface area contributed by atoms with Crippen LogP contribution in [0.25, 0.3) is 0 Å². The number of hydrazone groups is 1. The summed E-state index contributed by atoms with van der Waals surface area (Å²) in [6.07, 6.45) is 1.69. The molecule has 12 heteroatoms. The van der Waals surface area contributed by atoms with Crippen molar-refractivity contribution in [1.82, 2.24) is 10.1 Å². The summed E-state index contributed by atoms with van der Waals surface area (Å²) >= 11 is 0. The van der Waals surface area contributed by atoms with Gasteiger partial charge in [-0.25, -0.2) is 24.1 Å². The fourth-order valence-electron chi connectivity index (χ4n) is 3.11. The van der Waals surface area contributed by atoms with Crippen LogP contribution in [0, 0.1) is 28.8 Å². The van der Waals surface area contributed by atoms with Crippen LogP contribution in [0.5, 0.6) is 11.5 Å². The molecule has 34 heavy (non-hydrogen) atoms. The summed E-state index contributed by atoms with van der Waals surface area (Å²) in [5.41, 5.74) is 3.90. The lowest BCUT2D eigenvalue weighted by molar-refractivity contribution is -0.0489. The highest BCUT2D eigenvalue weighted by atomic mass is 19.3. The third kappa shape index (κ3) is 5.38. The summed E-state index contributed by atoms with van der Waals surface area (Å²) in [4.78, 5) is 3.69. The molecule has 0 saturated carbocycles. The van der Waals surface area contributed by atoms with E-state index in [0.29, 0.717) is 11.2 Å². The van der Waals surface area contributed by atoms with E-state index in [4.69, 9.17) is 21.6 Å². The molecule has 176 valence electrons. The van der Waals surface area contributed by atoms with Gasteiger partial charge in [-0.15, -0.1) is 0 Å². The first kappa shape index (κ1) is 24.4. The second-order valence-electron chi connectivity index (χ2n) is 6.97. The second-order valence-corrected chi connectivity index (χ2v) is 6.97. The van der Waals surface area contributed by atoms with Gasteiger partial charge in [0, 0.05) is 6.07 Å². The van der Waals surface area contributed by atoms with E-state index in [1.54, 1.807) is 6.07 Å². The standard InChI is InChI=1S/C22H17F5N6O/c23-14-2-4-16(18(24)8-14)17(11-33(30)32-12-29)22(26,27)21-6-3-15(10-31-21)34-20-5-1-13(9-28)7-19(20)25/h1-8,10,12,17H,11,30H2,(H2,29,32). The fourth-order valence-corrected chi connectivity index (χ4v) is 3.11. The monoisotopic (exact) mass is 476 g/mol. The van der Waals surface area contributed by atoms with Crippen molar-refractivity contribution in [3.8, 4) is 17.6 Å². The van der Waals surface area contributed by atoms with Crippen LogP contribution in [0.2, 0.25) is 0 Å². The molecule has 0 radical (unpaired) electrons. The summed E-state index contributed by atoms with van der Waals surface area (Å²) in [5.74, 6) is -3.48. The van der Waals surface area contributed by atoms with Crippen LogP contribution < -0.4 is 16.3 Å². The van der Waals surface area contributed by atoms with Gasteiger partial charge in [-0.3, -0.25) is 4.98 Å². The molecule has 0 saturated heterocycles. The van der Waals surface area contributed by atoms with E-state index in [1.165, 1.54) is 12.1 Å². The molecule has 7 nitrogen and oxygen atoms in total. The Labute approximate surface area is 190 Å². The number of hydrazine groups is 1. The molecular weight excluding hydrogens is 459 g/mol. The summed E-state index contributed by atoms with van der Waals surface area (Å²) in [5, 5.41) is 12.8. The van der Waals surface area contributed by atoms with Crippen molar-refractivity contribution >= 4 is 6.34 Å². The molecule has 2 aromatic carbocycles. The molecule has 3 rings (SSSR count). The van der Waals surface area contributed by atoms with Gasteiger partial charge < -0.3 is 10.5 Å². The number of alkyl halides is 2. The Balaban J connectivity index is 1.92. The second kappa shape index (κ2) is 10.1. The van der Waals surface area contributed by atoms with E-state index in [-0.39, 0.29) is 17.1 Å². The molecule has 1 unspecified atom stereocenters. The minimum atomic E-state index is -3.81. The van der Waals surface area contributed by atoms with Gasteiger partial charge in [-0.1, -0.05) is 6.07 Å². The maximum Gasteiger partial charge on any atom is 0.298 e. The number of ether oxygens (including phenoxy) is 1. The lowest BCUT2D eigenvalue weighted by Gasteiger charge is -2.29.